The van der Waals surface area contributed by atoms with E-state index in [0.717, 1.165) is 23.6 Å². The second-order valence-electron chi connectivity index (χ2n) is 5.01. The summed E-state index contributed by atoms with van der Waals surface area (Å²) in [4.78, 5) is 7.80. The lowest BCUT2D eigenvalue weighted by Crippen LogP contribution is -2.00. The van der Waals surface area contributed by atoms with Gasteiger partial charge in [-0.2, -0.15) is 0 Å². The maximum atomic E-state index is 4.43. The van der Waals surface area contributed by atoms with Crippen LogP contribution in [-0.2, 0) is 13.0 Å². The van der Waals surface area contributed by atoms with Crippen LogP contribution in [0, 0.1) is 0 Å². The van der Waals surface area contributed by atoms with Crippen LogP contribution >= 0.6 is 0 Å². The molecule has 0 aliphatic heterocycles. The van der Waals surface area contributed by atoms with Gasteiger partial charge >= 0.3 is 0 Å². The molecular formula is C18H19N3. The minimum absolute atomic E-state index is 0.692. The lowest BCUT2D eigenvalue weighted by molar-refractivity contribution is 1.00. The number of nitrogens with one attached hydrogen (secondary N) is 2. The number of rotatable bonds is 5. The highest BCUT2D eigenvalue weighted by Crippen LogP contribution is 2.18. The number of H-pyrrole nitrogens is 1. The topological polar surface area (TPSA) is 40.7 Å². The van der Waals surface area contributed by atoms with Crippen LogP contribution in [0.5, 0.6) is 0 Å². The Balaban J connectivity index is 1.68. The van der Waals surface area contributed by atoms with Crippen molar-refractivity contribution in [3.63, 3.8) is 0 Å². The normalized spacial score (nSPS) is 10.5. The smallest absolute Gasteiger partial charge is 0.125 e. The molecule has 0 atom stereocenters. The molecular weight excluding hydrogens is 258 g/mol. The molecule has 2 N–H and O–H groups in total. The van der Waals surface area contributed by atoms with Gasteiger partial charge in [0.1, 0.15) is 5.82 Å². The molecule has 0 amide bonds. The molecule has 106 valence electrons. The Kier molecular flexibility index (Phi) is 4.01. The summed E-state index contributed by atoms with van der Waals surface area (Å²) < 4.78 is 0. The minimum Gasteiger partial charge on any atom is -0.378 e. The maximum Gasteiger partial charge on any atom is 0.125 e. The number of imidazole rings is 1. The first-order chi connectivity index (χ1) is 10.3. The van der Waals surface area contributed by atoms with Gasteiger partial charge in [-0.25, -0.2) is 4.98 Å². The summed E-state index contributed by atoms with van der Waals surface area (Å²) >= 11 is 0. The third-order valence-electron chi connectivity index (χ3n) is 3.54. The van der Waals surface area contributed by atoms with Crippen molar-refractivity contribution in [1.82, 2.24) is 9.97 Å². The largest absolute Gasteiger partial charge is 0.378 e. The molecule has 3 nitrogen and oxygen atoms in total. The van der Waals surface area contributed by atoms with Crippen LogP contribution in [0.1, 0.15) is 18.3 Å². The predicted molar refractivity (Wildman–Crippen MR) is 87.2 cm³/mol. The molecule has 3 heteroatoms. The Labute approximate surface area is 125 Å². The van der Waals surface area contributed by atoms with E-state index < -0.39 is 0 Å². The minimum atomic E-state index is 0.692. The van der Waals surface area contributed by atoms with Gasteiger partial charge in [0.25, 0.3) is 0 Å². The molecule has 0 aliphatic rings. The van der Waals surface area contributed by atoms with Crippen molar-refractivity contribution in [3.8, 4) is 11.3 Å². The number of benzene rings is 2. The third kappa shape index (κ3) is 3.31. The zero-order chi connectivity index (χ0) is 14.5. The van der Waals surface area contributed by atoms with Crippen molar-refractivity contribution in [2.24, 2.45) is 0 Å². The van der Waals surface area contributed by atoms with Crippen LogP contribution < -0.4 is 5.32 Å². The van der Waals surface area contributed by atoms with E-state index >= 15 is 0 Å². The molecule has 0 spiro atoms. The second-order valence-corrected chi connectivity index (χ2v) is 5.01. The van der Waals surface area contributed by atoms with E-state index in [0.29, 0.717) is 6.54 Å². The van der Waals surface area contributed by atoms with E-state index in [4.69, 9.17) is 0 Å². The highest BCUT2D eigenvalue weighted by Gasteiger charge is 2.03. The van der Waals surface area contributed by atoms with Crippen molar-refractivity contribution in [2.45, 2.75) is 19.9 Å². The van der Waals surface area contributed by atoms with Gasteiger partial charge in [-0.15, -0.1) is 0 Å². The van der Waals surface area contributed by atoms with Gasteiger partial charge in [-0.3, -0.25) is 0 Å². The monoisotopic (exact) mass is 277 g/mol. The molecule has 0 fully saturated rings. The third-order valence-corrected chi connectivity index (χ3v) is 3.54. The van der Waals surface area contributed by atoms with E-state index in [9.17, 15) is 0 Å². The summed E-state index contributed by atoms with van der Waals surface area (Å²) in [5.74, 6) is 0.938. The molecule has 0 radical (unpaired) electrons. The van der Waals surface area contributed by atoms with Crippen molar-refractivity contribution < 1.29 is 0 Å². The molecule has 0 saturated heterocycles. The van der Waals surface area contributed by atoms with Gasteiger partial charge in [-0.05, 0) is 29.7 Å². The number of aromatic amines is 1. The average Bonchev–Trinajstić information content (AvgIpc) is 3.03. The van der Waals surface area contributed by atoms with Crippen LogP contribution in [0.3, 0.4) is 0 Å². The molecule has 2 aromatic carbocycles. The van der Waals surface area contributed by atoms with Gasteiger partial charge < -0.3 is 10.3 Å². The Morgan fingerprint density at radius 1 is 1.00 bits per heavy atom. The summed E-state index contributed by atoms with van der Waals surface area (Å²) in [5.41, 5.74) is 4.68. The lowest BCUT2D eigenvalue weighted by Gasteiger charge is -2.03. The van der Waals surface area contributed by atoms with E-state index in [-0.39, 0.29) is 0 Å². The Hall–Kier alpha value is -2.55. The fourth-order valence-electron chi connectivity index (χ4n) is 2.26. The lowest BCUT2D eigenvalue weighted by atomic mass is 10.1. The summed E-state index contributed by atoms with van der Waals surface area (Å²) in [6.45, 7) is 2.86. The maximum absolute atomic E-state index is 4.43. The standard InChI is InChI=1S/C18H19N3/c1-2-14-8-10-15(11-9-14)17-12-20-18(21-17)13-19-16-6-4-3-5-7-16/h3-12,19H,2,13H2,1H3,(H,20,21). The van der Waals surface area contributed by atoms with Gasteiger partial charge in [0.05, 0.1) is 18.4 Å². The second kappa shape index (κ2) is 6.27. The summed E-state index contributed by atoms with van der Waals surface area (Å²) in [5, 5.41) is 3.35. The average molecular weight is 277 g/mol. The number of para-hydroxylation sites is 1. The van der Waals surface area contributed by atoms with Crippen molar-refractivity contribution >= 4 is 5.69 Å². The number of aryl methyl sites for hydroxylation is 1. The number of hydrogen-bond acceptors (Lipinski definition) is 2. The zero-order valence-electron chi connectivity index (χ0n) is 12.1. The van der Waals surface area contributed by atoms with Gasteiger partial charge in [0, 0.05) is 5.69 Å². The fourth-order valence-corrected chi connectivity index (χ4v) is 2.26. The number of nitrogens with zero attached hydrogens (tertiary/aromatic N) is 1. The van der Waals surface area contributed by atoms with Crippen LogP contribution in [0.25, 0.3) is 11.3 Å². The Bertz CT molecular complexity index is 684. The Morgan fingerprint density at radius 2 is 1.76 bits per heavy atom. The quantitative estimate of drug-likeness (QED) is 0.732. The summed E-state index contributed by atoms with van der Waals surface area (Å²) in [6, 6.07) is 18.8. The number of anilines is 1. The molecule has 1 aromatic heterocycles. The first-order valence-corrected chi connectivity index (χ1v) is 7.27. The molecule has 0 unspecified atom stereocenters. The highest BCUT2D eigenvalue weighted by molar-refractivity contribution is 5.59. The van der Waals surface area contributed by atoms with E-state index in [1.807, 2.05) is 36.5 Å². The molecule has 21 heavy (non-hydrogen) atoms. The molecule has 0 aliphatic carbocycles. The van der Waals surface area contributed by atoms with Crippen molar-refractivity contribution in [2.75, 3.05) is 5.32 Å². The van der Waals surface area contributed by atoms with Crippen molar-refractivity contribution in [1.29, 1.82) is 0 Å². The predicted octanol–water partition coefficient (Wildman–Crippen LogP) is 4.25. The molecule has 0 saturated carbocycles. The zero-order valence-corrected chi connectivity index (χ0v) is 12.1. The van der Waals surface area contributed by atoms with E-state index in [1.165, 1.54) is 11.1 Å². The summed E-state index contributed by atoms with van der Waals surface area (Å²) in [6.07, 6.45) is 2.96. The summed E-state index contributed by atoms with van der Waals surface area (Å²) in [7, 11) is 0. The van der Waals surface area contributed by atoms with Gasteiger partial charge in [0.15, 0.2) is 0 Å². The van der Waals surface area contributed by atoms with Crippen LogP contribution in [0.2, 0.25) is 0 Å². The van der Waals surface area contributed by atoms with E-state index in [2.05, 4.69) is 46.5 Å². The van der Waals surface area contributed by atoms with Crippen LogP contribution in [0.15, 0.2) is 60.8 Å². The van der Waals surface area contributed by atoms with Gasteiger partial charge in [0.2, 0.25) is 0 Å². The Morgan fingerprint density at radius 3 is 2.48 bits per heavy atom. The first-order valence-electron chi connectivity index (χ1n) is 7.27. The molecule has 3 aromatic rings. The first kappa shape index (κ1) is 13.4. The van der Waals surface area contributed by atoms with Crippen LogP contribution in [0.4, 0.5) is 5.69 Å². The van der Waals surface area contributed by atoms with Crippen LogP contribution in [-0.4, -0.2) is 9.97 Å². The highest BCUT2D eigenvalue weighted by atomic mass is 15.0. The molecule has 1 heterocycles. The fraction of sp³-hybridized carbons (Fsp3) is 0.167. The number of aromatic nitrogens is 2. The SMILES string of the molecule is CCc1ccc(-c2cnc(CNc3ccccc3)[nH]2)cc1. The van der Waals surface area contributed by atoms with Gasteiger partial charge in [-0.1, -0.05) is 49.4 Å². The molecule has 0 bridgehead atoms. The van der Waals surface area contributed by atoms with E-state index in [1.54, 1.807) is 0 Å². The molecule has 3 rings (SSSR count). The number of hydrogen-bond donors (Lipinski definition) is 2. The van der Waals surface area contributed by atoms with Crippen molar-refractivity contribution in [3.05, 3.63) is 72.2 Å².